The number of piperazine rings is 1. The van der Waals surface area contributed by atoms with Crippen molar-refractivity contribution in [1.29, 1.82) is 0 Å². The number of hydrogen-bond donors (Lipinski definition) is 2. The van der Waals surface area contributed by atoms with Crippen LogP contribution in [-0.2, 0) is 16.6 Å². The molecule has 0 radical (unpaired) electrons. The van der Waals surface area contributed by atoms with Crippen molar-refractivity contribution in [2.75, 3.05) is 26.2 Å². The van der Waals surface area contributed by atoms with Crippen molar-refractivity contribution in [1.82, 2.24) is 4.31 Å². The number of nitrogens with zero attached hydrogens (tertiary/aromatic N) is 1. The smallest absolute Gasteiger partial charge is 0.246 e. The quantitative estimate of drug-likeness (QED) is 0.772. The van der Waals surface area contributed by atoms with Gasteiger partial charge < -0.3 is 10.0 Å². The minimum Gasteiger partial charge on any atom is -0.507 e. The zero-order valence-electron chi connectivity index (χ0n) is 16.9. The molecular formula is C21H27F2N2O3S+. The Balaban J connectivity index is 1.70. The predicted molar refractivity (Wildman–Crippen MR) is 106 cm³/mol. The summed E-state index contributed by atoms with van der Waals surface area (Å²) >= 11 is 0. The van der Waals surface area contributed by atoms with Gasteiger partial charge in [0.25, 0.3) is 0 Å². The molecule has 0 aliphatic carbocycles. The fraction of sp³-hybridized carbons (Fsp3) is 0.429. The third-order valence-electron chi connectivity index (χ3n) is 5.47. The maximum absolute atomic E-state index is 14.0. The van der Waals surface area contributed by atoms with E-state index in [2.05, 4.69) is 13.8 Å². The van der Waals surface area contributed by atoms with Crippen LogP contribution in [0, 0.1) is 18.6 Å². The van der Waals surface area contributed by atoms with Gasteiger partial charge in [0.2, 0.25) is 10.0 Å². The SMILES string of the molecule is Cc1cc(O)c(C[NH+]2CCN(S(=O)(=O)c3ccc(F)cc3F)CC2)cc1C(C)C. The highest BCUT2D eigenvalue weighted by atomic mass is 32.2. The molecule has 0 atom stereocenters. The van der Waals surface area contributed by atoms with E-state index in [4.69, 9.17) is 0 Å². The van der Waals surface area contributed by atoms with E-state index in [1.807, 2.05) is 13.0 Å². The van der Waals surface area contributed by atoms with Crippen molar-refractivity contribution in [3.05, 3.63) is 58.7 Å². The molecule has 1 aliphatic heterocycles. The summed E-state index contributed by atoms with van der Waals surface area (Å²) in [5, 5.41) is 10.3. The highest BCUT2D eigenvalue weighted by Gasteiger charge is 2.32. The van der Waals surface area contributed by atoms with Gasteiger partial charge in [-0.15, -0.1) is 0 Å². The number of aromatic hydroxyl groups is 1. The second-order valence-corrected chi connectivity index (χ2v) is 9.80. The molecule has 8 heteroatoms. The van der Waals surface area contributed by atoms with Crippen LogP contribution in [0.1, 0.15) is 36.5 Å². The van der Waals surface area contributed by atoms with Crippen molar-refractivity contribution in [2.24, 2.45) is 0 Å². The first-order valence-corrected chi connectivity index (χ1v) is 11.1. The Kier molecular flexibility index (Phi) is 6.26. The fourth-order valence-corrected chi connectivity index (χ4v) is 5.32. The van der Waals surface area contributed by atoms with Crippen molar-refractivity contribution in [2.45, 2.75) is 38.1 Å². The maximum Gasteiger partial charge on any atom is 0.246 e. The monoisotopic (exact) mass is 425 g/mol. The van der Waals surface area contributed by atoms with Crippen LogP contribution in [0.2, 0.25) is 0 Å². The molecule has 29 heavy (non-hydrogen) atoms. The standard InChI is InChI=1S/C21H26F2N2O3S/c1-14(2)18-11-16(20(26)10-15(18)3)13-24-6-8-25(9-7-24)29(27,28)21-5-4-17(22)12-19(21)23/h4-5,10-12,14,26H,6-9,13H2,1-3H3/p+1. The van der Waals surface area contributed by atoms with Gasteiger partial charge in [-0.25, -0.2) is 17.2 Å². The Morgan fingerprint density at radius 1 is 1.14 bits per heavy atom. The van der Waals surface area contributed by atoms with E-state index in [1.165, 1.54) is 9.87 Å². The number of aryl methyl sites for hydroxylation is 1. The van der Waals surface area contributed by atoms with Gasteiger partial charge in [-0.1, -0.05) is 13.8 Å². The number of phenolic OH excluding ortho intramolecular Hbond substituents is 1. The minimum atomic E-state index is -4.01. The summed E-state index contributed by atoms with van der Waals surface area (Å²) in [7, 11) is -4.01. The normalized spacial score (nSPS) is 16.5. The first kappa shape index (κ1) is 21.7. The van der Waals surface area contributed by atoms with E-state index in [0.29, 0.717) is 31.6 Å². The summed E-state index contributed by atoms with van der Waals surface area (Å²) in [6, 6.07) is 6.31. The summed E-state index contributed by atoms with van der Waals surface area (Å²) in [6.45, 7) is 8.31. The van der Waals surface area contributed by atoms with Crippen LogP contribution in [-0.4, -0.2) is 44.0 Å². The van der Waals surface area contributed by atoms with Gasteiger partial charge >= 0.3 is 0 Å². The molecule has 0 spiro atoms. The Labute approximate surface area is 170 Å². The van der Waals surface area contributed by atoms with Gasteiger partial charge in [-0.2, -0.15) is 4.31 Å². The molecule has 0 amide bonds. The van der Waals surface area contributed by atoms with Crippen LogP contribution in [0.25, 0.3) is 0 Å². The Hall–Kier alpha value is -2.03. The molecule has 5 nitrogen and oxygen atoms in total. The number of phenols is 1. The van der Waals surface area contributed by atoms with Crippen LogP contribution in [0.4, 0.5) is 8.78 Å². The second kappa shape index (κ2) is 8.38. The number of hydrogen-bond acceptors (Lipinski definition) is 3. The average Bonchev–Trinajstić information content (AvgIpc) is 2.63. The summed E-state index contributed by atoms with van der Waals surface area (Å²) < 4.78 is 53.7. The highest BCUT2D eigenvalue weighted by molar-refractivity contribution is 7.89. The van der Waals surface area contributed by atoms with Crippen molar-refractivity contribution < 1.29 is 27.2 Å². The van der Waals surface area contributed by atoms with Gasteiger partial charge in [-0.05, 0) is 48.2 Å². The fourth-order valence-electron chi connectivity index (χ4n) is 3.83. The molecule has 1 fully saturated rings. The molecule has 0 saturated carbocycles. The zero-order valence-corrected chi connectivity index (χ0v) is 17.7. The Morgan fingerprint density at radius 2 is 1.79 bits per heavy atom. The second-order valence-electron chi connectivity index (χ2n) is 7.90. The lowest BCUT2D eigenvalue weighted by Crippen LogP contribution is -3.13. The van der Waals surface area contributed by atoms with Crippen molar-refractivity contribution >= 4 is 10.0 Å². The molecule has 0 aromatic heterocycles. The van der Waals surface area contributed by atoms with Crippen LogP contribution in [0.3, 0.4) is 0 Å². The lowest BCUT2D eigenvalue weighted by atomic mass is 9.95. The van der Waals surface area contributed by atoms with E-state index in [9.17, 15) is 22.3 Å². The van der Waals surface area contributed by atoms with Crippen LogP contribution in [0.5, 0.6) is 5.75 Å². The molecule has 1 heterocycles. The first-order chi connectivity index (χ1) is 13.6. The minimum absolute atomic E-state index is 0.234. The van der Waals surface area contributed by atoms with E-state index < -0.39 is 26.6 Å². The van der Waals surface area contributed by atoms with Gasteiger partial charge in [0, 0.05) is 11.6 Å². The first-order valence-electron chi connectivity index (χ1n) is 9.70. The van der Waals surface area contributed by atoms with Gasteiger partial charge in [0.05, 0.1) is 26.2 Å². The molecule has 158 valence electrons. The van der Waals surface area contributed by atoms with E-state index >= 15 is 0 Å². The van der Waals surface area contributed by atoms with Crippen molar-refractivity contribution in [3.63, 3.8) is 0 Å². The summed E-state index contributed by atoms with van der Waals surface area (Å²) in [4.78, 5) is 0.644. The molecular weight excluding hydrogens is 398 g/mol. The Bertz CT molecular complexity index is 1000. The molecule has 2 aromatic carbocycles. The van der Waals surface area contributed by atoms with Gasteiger partial charge in [0.15, 0.2) is 0 Å². The maximum atomic E-state index is 14.0. The number of quaternary nitrogens is 1. The summed E-state index contributed by atoms with van der Waals surface area (Å²) in [6.07, 6.45) is 0. The van der Waals surface area contributed by atoms with Crippen molar-refractivity contribution in [3.8, 4) is 5.75 Å². The summed E-state index contributed by atoms with van der Waals surface area (Å²) in [5.74, 6) is -1.29. The molecule has 2 N–H and O–H groups in total. The number of benzene rings is 2. The molecule has 1 saturated heterocycles. The number of nitrogens with one attached hydrogen (secondary N) is 1. The lowest BCUT2D eigenvalue weighted by molar-refractivity contribution is -0.917. The Morgan fingerprint density at radius 3 is 2.38 bits per heavy atom. The van der Waals surface area contributed by atoms with E-state index in [-0.39, 0.29) is 18.8 Å². The molecule has 3 rings (SSSR count). The van der Waals surface area contributed by atoms with Gasteiger partial charge in [0.1, 0.15) is 28.8 Å². The lowest BCUT2D eigenvalue weighted by Gasteiger charge is -2.32. The van der Waals surface area contributed by atoms with Crippen LogP contribution in [0.15, 0.2) is 35.2 Å². The molecule has 0 bridgehead atoms. The number of sulfonamides is 1. The molecule has 1 aliphatic rings. The molecule has 2 aromatic rings. The number of halogens is 2. The predicted octanol–water partition coefficient (Wildman–Crippen LogP) is 2.19. The highest BCUT2D eigenvalue weighted by Crippen LogP contribution is 2.27. The zero-order chi connectivity index (χ0) is 21.3. The van der Waals surface area contributed by atoms with E-state index in [1.54, 1.807) is 6.07 Å². The van der Waals surface area contributed by atoms with Gasteiger partial charge in [-0.3, -0.25) is 0 Å². The molecule has 0 unspecified atom stereocenters. The third kappa shape index (κ3) is 4.60. The largest absolute Gasteiger partial charge is 0.507 e. The third-order valence-corrected chi connectivity index (χ3v) is 7.40. The van der Waals surface area contributed by atoms with Crippen LogP contribution < -0.4 is 4.90 Å². The number of rotatable bonds is 5. The average molecular weight is 426 g/mol. The van der Waals surface area contributed by atoms with E-state index in [0.717, 1.165) is 28.2 Å². The summed E-state index contributed by atoms with van der Waals surface area (Å²) in [5.41, 5.74) is 3.08. The van der Waals surface area contributed by atoms with Crippen LogP contribution >= 0.6 is 0 Å². The topological polar surface area (TPSA) is 62.1 Å².